The lowest BCUT2D eigenvalue weighted by Gasteiger charge is -2.10. The van der Waals surface area contributed by atoms with Gasteiger partial charge in [-0.2, -0.15) is 5.10 Å². The Morgan fingerprint density at radius 2 is 1.87 bits per heavy atom. The summed E-state index contributed by atoms with van der Waals surface area (Å²) in [4.78, 5) is 16.8. The van der Waals surface area contributed by atoms with E-state index in [0.717, 1.165) is 27.6 Å². The van der Waals surface area contributed by atoms with Crippen molar-refractivity contribution in [1.82, 2.24) is 20.1 Å². The first-order chi connectivity index (χ1) is 14.6. The van der Waals surface area contributed by atoms with E-state index in [1.165, 1.54) is 0 Å². The van der Waals surface area contributed by atoms with Gasteiger partial charge in [-0.3, -0.25) is 9.48 Å². The number of nitrogens with zero attached hydrogens (tertiary/aromatic N) is 3. The van der Waals surface area contributed by atoms with Crippen molar-refractivity contribution in [3.8, 4) is 5.75 Å². The summed E-state index contributed by atoms with van der Waals surface area (Å²) in [6, 6.07) is 17.3. The molecule has 0 aliphatic rings. The van der Waals surface area contributed by atoms with Gasteiger partial charge in [-0.15, -0.1) is 0 Å². The van der Waals surface area contributed by atoms with Crippen molar-refractivity contribution in [3.05, 3.63) is 83.8 Å². The molecule has 0 bridgehead atoms. The van der Waals surface area contributed by atoms with Gasteiger partial charge in [0.1, 0.15) is 17.3 Å². The SMILES string of the molecule is CCOc1ccc(Cn2nccc2C(=O)NCc2ccc3c(N)nccc3c2)cc1. The summed E-state index contributed by atoms with van der Waals surface area (Å²) in [6.07, 6.45) is 3.31. The topological polar surface area (TPSA) is 95.1 Å². The van der Waals surface area contributed by atoms with E-state index in [9.17, 15) is 4.79 Å². The molecule has 1 amide bonds. The maximum atomic E-state index is 12.7. The highest BCUT2D eigenvalue weighted by Crippen LogP contribution is 2.20. The van der Waals surface area contributed by atoms with Gasteiger partial charge in [0.25, 0.3) is 5.91 Å². The van der Waals surface area contributed by atoms with Crippen LogP contribution in [0.4, 0.5) is 5.82 Å². The molecule has 4 aromatic rings. The highest BCUT2D eigenvalue weighted by Gasteiger charge is 2.12. The molecule has 2 aromatic heterocycles. The highest BCUT2D eigenvalue weighted by atomic mass is 16.5. The van der Waals surface area contributed by atoms with Gasteiger partial charge in [-0.1, -0.05) is 24.3 Å². The average Bonchev–Trinajstić information content (AvgIpc) is 3.22. The third-order valence-electron chi connectivity index (χ3n) is 4.83. The van der Waals surface area contributed by atoms with Crippen molar-refractivity contribution < 1.29 is 9.53 Å². The summed E-state index contributed by atoms with van der Waals surface area (Å²) in [5, 5.41) is 9.17. The van der Waals surface area contributed by atoms with E-state index in [1.807, 2.05) is 55.5 Å². The van der Waals surface area contributed by atoms with E-state index in [4.69, 9.17) is 10.5 Å². The van der Waals surface area contributed by atoms with Crippen molar-refractivity contribution in [3.63, 3.8) is 0 Å². The Kier molecular flexibility index (Phi) is 5.61. The number of ether oxygens (including phenoxy) is 1. The molecular weight excluding hydrogens is 378 g/mol. The van der Waals surface area contributed by atoms with E-state index in [2.05, 4.69) is 15.4 Å². The third-order valence-corrected chi connectivity index (χ3v) is 4.83. The molecule has 7 nitrogen and oxygen atoms in total. The van der Waals surface area contributed by atoms with E-state index < -0.39 is 0 Å². The van der Waals surface area contributed by atoms with Gasteiger partial charge in [-0.25, -0.2) is 4.98 Å². The summed E-state index contributed by atoms with van der Waals surface area (Å²) in [6.45, 7) is 3.49. The molecule has 2 aromatic carbocycles. The summed E-state index contributed by atoms with van der Waals surface area (Å²) in [5.41, 5.74) is 8.43. The number of hydrogen-bond donors (Lipinski definition) is 2. The number of rotatable bonds is 7. The van der Waals surface area contributed by atoms with E-state index in [-0.39, 0.29) is 5.91 Å². The number of benzene rings is 2. The van der Waals surface area contributed by atoms with Gasteiger partial charge >= 0.3 is 0 Å². The summed E-state index contributed by atoms with van der Waals surface area (Å²) in [5.74, 6) is 1.15. The van der Waals surface area contributed by atoms with Crippen LogP contribution in [0.5, 0.6) is 5.75 Å². The molecule has 0 fully saturated rings. The standard InChI is InChI=1S/C23H23N5O2/c1-2-30-19-6-3-16(4-7-19)15-28-21(10-12-27-28)23(29)26-14-17-5-8-20-18(13-17)9-11-25-22(20)24/h3-13H,2,14-15H2,1H3,(H2,24,25)(H,26,29). The number of nitrogens with two attached hydrogens (primary N) is 1. The van der Waals surface area contributed by atoms with Gasteiger partial charge in [0.2, 0.25) is 0 Å². The zero-order valence-electron chi connectivity index (χ0n) is 16.7. The van der Waals surface area contributed by atoms with Crippen LogP contribution in [-0.4, -0.2) is 27.3 Å². The Morgan fingerprint density at radius 3 is 2.67 bits per heavy atom. The Morgan fingerprint density at radius 1 is 1.07 bits per heavy atom. The molecule has 30 heavy (non-hydrogen) atoms. The first-order valence-corrected chi connectivity index (χ1v) is 9.79. The van der Waals surface area contributed by atoms with Crippen molar-refractivity contribution in [1.29, 1.82) is 0 Å². The highest BCUT2D eigenvalue weighted by molar-refractivity contribution is 5.93. The second-order valence-electron chi connectivity index (χ2n) is 6.89. The van der Waals surface area contributed by atoms with E-state index in [0.29, 0.717) is 31.2 Å². The van der Waals surface area contributed by atoms with Crippen LogP contribution in [0.2, 0.25) is 0 Å². The molecule has 4 rings (SSSR count). The molecule has 0 atom stereocenters. The molecule has 0 unspecified atom stereocenters. The number of anilines is 1. The zero-order valence-corrected chi connectivity index (χ0v) is 16.7. The number of carbonyl (C=O) groups excluding carboxylic acids is 1. The lowest BCUT2D eigenvalue weighted by molar-refractivity contribution is 0.0940. The van der Waals surface area contributed by atoms with Gasteiger partial charge in [-0.05, 0) is 53.8 Å². The Bertz CT molecular complexity index is 1170. The van der Waals surface area contributed by atoms with Gasteiger partial charge in [0, 0.05) is 24.3 Å². The second-order valence-corrected chi connectivity index (χ2v) is 6.89. The lowest BCUT2D eigenvalue weighted by Crippen LogP contribution is -2.26. The van der Waals surface area contributed by atoms with Crippen LogP contribution in [0, 0.1) is 0 Å². The fourth-order valence-corrected chi connectivity index (χ4v) is 3.32. The Labute approximate surface area is 174 Å². The van der Waals surface area contributed by atoms with Crippen LogP contribution in [0.25, 0.3) is 10.8 Å². The van der Waals surface area contributed by atoms with Crippen LogP contribution in [-0.2, 0) is 13.1 Å². The Hall–Kier alpha value is -3.87. The number of nitrogen functional groups attached to an aromatic ring is 1. The minimum absolute atomic E-state index is 0.173. The molecule has 0 saturated carbocycles. The monoisotopic (exact) mass is 401 g/mol. The molecular formula is C23H23N5O2. The number of pyridine rings is 1. The molecule has 0 aliphatic heterocycles. The molecule has 152 valence electrons. The molecule has 0 saturated heterocycles. The van der Waals surface area contributed by atoms with Crippen LogP contribution >= 0.6 is 0 Å². The molecule has 0 spiro atoms. The first kappa shape index (κ1) is 19.4. The van der Waals surface area contributed by atoms with Gasteiger partial charge in [0.15, 0.2) is 0 Å². The average molecular weight is 401 g/mol. The summed E-state index contributed by atoms with van der Waals surface area (Å²) >= 11 is 0. The predicted octanol–water partition coefficient (Wildman–Crippen LogP) is 3.39. The number of carbonyl (C=O) groups is 1. The quantitative estimate of drug-likeness (QED) is 0.495. The summed E-state index contributed by atoms with van der Waals surface area (Å²) < 4.78 is 7.16. The van der Waals surface area contributed by atoms with Crippen molar-refractivity contribution in [2.45, 2.75) is 20.0 Å². The zero-order chi connectivity index (χ0) is 20.9. The predicted molar refractivity (Wildman–Crippen MR) is 116 cm³/mol. The minimum atomic E-state index is -0.173. The molecule has 0 aliphatic carbocycles. The first-order valence-electron chi connectivity index (χ1n) is 9.79. The van der Waals surface area contributed by atoms with Gasteiger partial charge < -0.3 is 15.8 Å². The number of aromatic nitrogens is 3. The molecule has 3 N–H and O–H groups in total. The number of amides is 1. The second kappa shape index (κ2) is 8.65. The fraction of sp³-hybridized carbons (Fsp3) is 0.174. The molecule has 0 radical (unpaired) electrons. The van der Waals surface area contributed by atoms with Crippen LogP contribution in [0.15, 0.2) is 67.0 Å². The maximum Gasteiger partial charge on any atom is 0.269 e. The molecule has 7 heteroatoms. The lowest BCUT2D eigenvalue weighted by atomic mass is 10.1. The van der Waals surface area contributed by atoms with Crippen LogP contribution in [0.3, 0.4) is 0 Å². The van der Waals surface area contributed by atoms with Gasteiger partial charge in [0.05, 0.1) is 13.2 Å². The van der Waals surface area contributed by atoms with Crippen molar-refractivity contribution in [2.24, 2.45) is 0 Å². The summed E-state index contributed by atoms with van der Waals surface area (Å²) in [7, 11) is 0. The van der Waals surface area contributed by atoms with Crippen molar-refractivity contribution in [2.75, 3.05) is 12.3 Å². The number of hydrogen-bond acceptors (Lipinski definition) is 5. The van der Waals surface area contributed by atoms with E-state index >= 15 is 0 Å². The number of nitrogens with one attached hydrogen (secondary N) is 1. The van der Waals surface area contributed by atoms with E-state index in [1.54, 1.807) is 23.1 Å². The third kappa shape index (κ3) is 4.25. The van der Waals surface area contributed by atoms with Crippen LogP contribution < -0.4 is 15.8 Å². The maximum absolute atomic E-state index is 12.7. The van der Waals surface area contributed by atoms with Crippen molar-refractivity contribution >= 4 is 22.5 Å². The minimum Gasteiger partial charge on any atom is -0.494 e. The largest absolute Gasteiger partial charge is 0.494 e. The number of fused-ring (bicyclic) bond motifs is 1. The fourth-order valence-electron chi connectivity index (χ4n) is 3.32. The van der Waals surface area contributed by atoms with Crippen LogP contribution in [0.1, 0.15) is 28.5 Å². The smallest absolute Gasteiger partial charge is 0.269 e. The Balaban J connectivity index is 1.43. The molecule has 2 heterocycles. The normalized spacial score (nSPS) is 10.8.